The zero-order valence-corrected chi connectivity index (χ0v) is 16.1. The van der Waals surface area contributed by atoms with Crippen molar-refractivity contribution in [1.29, 1.82) is 0 Å². The molecule has 2 heterocycles. The van der Waals surface area contributed by atoms with Crippen LogP contribution in [0.5, 0.6) is 11.5 Å². The fraction of sp³-hybridized carbons (Fsp3) is 0.304. The third-order valence-electron chi connectivity index (χ3n) is 5.08. The molecule has 0 amide bonds. The minimum absolute atomic E-state index is 0.273. The molecule has 1 aliphatic carbocycles. The van der Waals surface area contributed by atoms with Crippen molar-refractivity contribution in [2.24, 2.45) is 0 Å². The maximum Gasteiger partial charge on any atom is 0.163 e. The standard InChI is InChI=1S/C23H25N3O2/c1-27-22-10-9-20(16-23(22)28-21-7-2-3-8-21)26(19-11-14-24-15-12-19)17-18-6-4-5-13-25-18/h4-6,9-16,21H,2-3,7-8,17H2,1H3. The molecule has 4 rings (SSSR count). The summed E-state index contributed by atoms with van der Waals surface area (Å²) in [7, 11) is 1.69. The second kappa shape index (κ2) is 8.74. The van der Waals surface area contributed by atoms with E-state index >= 15 is 0 Å². The molecule has 0 atom stereocenters. The van der Waals surface area contributed by atoms with Gasteiger partial charge in [-0.15, -0.1) is 0 Å². The Hall–Kier alpha value is -3.08. The summed E-state index contributed by atoms with van der Waals surface area (Å²) in [6, 6.07) is 16.1. The molecule has 0 saturated heterocycles. The molecular formula is C23H25N3O2. The molecule has 0 bridgehead atoms. The lowest BCUT2D eigenvalue weighted by molar-refractivity contribution is 0.201. The highest BCUT2D eigenvalue weighted by molar-refractivity contribution is 5.66. The number of ether oxygens (including phenoxy) is 2. The van der Waals surface area contributed by atoms with Gasteiger partial charge in [0, 0.05) is 36.0 Å². The largest absolute Gasteiger partial charge is 0.493 e. The van der Waals surface area contributed by atoms with E-state index in [-0.39, 0.29) is 6.10 Å². The van der Waals surface area contributed by atoms with Gasteiger partial charge in [-0.1, -0.05) is 6.07 Å². The van der Waals surface area contributed by atoms with Gasteiger partial charge in [0.05, 0.1) is 25.5 Å². The predicted octanol–water partition coefficient (Wildman–Crippen LogP) is 5.14. The normalized spacial score (nSPS) is 14.0. The van der Waals surface area contributed by atoms with Gasteiger partial charge in [0.25, 0.3) is 0 Å². The van der Waals surface area contributed by atoms with E-state index in [0.29, 0.717) is 6.54 Å². The highest BCUT2D eigenvalue weighted by Crippen LogP contribution is 2.37. The van der Waals surface area contributed by atoms with E-state index in [0.717, 1.165) is 41.4 Å². The van der Waals surface area contributed by atoms with Crippen LogP contribution < -0.4 is 14.4 Å². The molecule has 0 unspecified atom stereocenters. The van der Waals surface area contributed by atoms with E-state index in [4.69, 9.17) is 9.47 Å². The van der Waals surface area contributed by atoms with E-state index < -0.39 is 0 Å². The summed E-state index contributed by atoms with van der Waals surface area (Å²) in [6.45, 7) is 0.653. The smallest absolute Gasteiger partial charge is 0.163 e. The van der Waals surface area contributed by atoms with Gasteiger partial charge in [-0.25, -0.2) is 0 Å². The first-order chi connectivity index (χ1) is 13.8. The summed E-state index contributed by atoms with van der Waals surface area (Å²) in [5.41, 5.74) is 3.08. The van der Waals surface area contributed by atoms with E-state index in [2.05, 4.69) is 27.0 Å². The number of pyridine rings is 2. The SMILES string of the molecule is COc1ccc(N(Cc2ccccn2)c2ccncc2)cc1OC1CCCC1. The number of benzene rings is 1. The maximum absolute atomic E-state index is 6.29. The zero-order valence-electron chi connectivity index (χ0n) is 16.1. The van der Waals surface area contributed by atoms with Crippen LogP contribution in [0.3, 0.4) is 0 Å². The Morgan fingerprint density at radius 3 is 2.46 bits per heavy atom. The third-order valence-corrected chi connectivity index (χ3v) is 5.08. The number of nitrogens with zero attached hydrogens (tertiary/aromatic N) is 3. The van der Waals surface area contributed by atoms with Crippen molar-refractivity contribution < 1.29 is 9.47 Å². The monoisotopic (exact) mass is 375 g/mol. The minimum atomic E-state index is 0.273. The molecule has 28 heavy (non-hydrogen) atoms. The van der Waals surface area contributed by atoms with Crippen molar-refractivity contribution in [2.75, 3.05) is 12.0 Å². The van der Waals surface area contributed by atoms with E-state index in [1.54, 1.807) is 19.5 Å². The van der Waals surface area contributed by atoms with Crippen molar-refractivity contribution >= 4 is 11.4 Å². The molecule has 1 aliphatic rings. The van der Waals surface area contributed by atoms with Crippen LogP contribution in [0.25, 0.3) is 0 Å². The highest BCUT2D eigenvalue weighted by Gasteiger charge is 2.20. The fourth-order valence-corrected chi connectivity index (χ4v) is 3.62. The first kappa shape index (κ1) is 18.3. The fourth-order valence-electron chi connectivity index (χ4n) is 3.62. The van der Waals surface area contributed by atoms with Crippen LogP contribution >= 0.6 is 0 Å². The Morgan fingerprint density at radius 1 is 0.929 bits per heavy atom. The second-order valence-corrected chi connectivity index (χ2v) is 6.97. The zero-order chi connectivity index (χ0) is 19.2. The number of hydrogen-bond donors (Lipinski definition) is 0. The van der Waals surface area contributed by atoms with Crippen LogP contribution in [0.1, 0.15) is 31.4 Å². The quantitative estimate of drug-likeness (QED) is 0.572. The van der Waals surface area contributed by atoms with E-state index in [1.807, 2.05) is 42.6 Å². The van der Waals surface area contributed by atoms with Gasteiger partial charge in [-0.3, -0.25) is 9.97 Å². The van der Waals surface area contributed by atoms with Gasteiger partial charge in [0.2, 0.25) is 0 Å². The van der Waals surface area contributed by atoms with Crippen molar-refractivity contribution in [3.63, 3.8) is 0 Å². The molecule has 144 valence electrons. The topological polar surface area (TPSA) is 47.5 Å². The number of rotatable bonds is 7. The molecule has 1 aromatic carbocycles. The van der Waals surface area contributed by atoms with Gasteiger partial charge in [0.15, 0.2) is 11.5 Å². The first-order valence-corrected chi connectivity index (χ1v) is 9.75. The molecule has 5 nitrogen and oxygen atoms in total. The minimum Gasteiger partial charge on any atom is -0.493 e. The average Bonchev–Trinajstić information content (AvgIpc) is 3.26. The molecule has 0 aliphatic heterocycles. The van der Waals surface area contributed by atoms with Gasteiger partial charge < -0.3 is 14.4 Å². The summed E-state index contributed by atoms with van der Waals surface area (Å²) >= 11 is 0. The lowest BCUT2D eigenvalue weighted by Crippen LogP contribution is -2.18. The summed E-state index contributed by atoms with van der Waals surface area (Å²) < 4.78 is 11.8. The molecular weight excluding hydrogens is 350 g/mol. The van der Waals surface area contributed by atoms with Crippen LogP contribution in [0.2, 0.25) is 0 Å². The Labute approximate surface area is 166 Å². The van der Waals surface area contributed by atoms with Gasteiger partial charge in [0.1, 0.15) is 0 Å². The average molecular weight is 375 g/mol. The predicted molar refractivity (Wildman–Crippen MR) is 110 cm³/mol. The van der Waals surface area contributed by atoms with Crippen molar-refractivity contribution in [1.82, 2.24) is 9.97 Å². The Balaban J connectivity index is 1.68. The van der Waals surface area contributed by atoms with Crippen LogP contribution in [0.15, 0.2) is 67.1 Å². The molecule has 3 aromatic rings. The molecule has 5 heteroatoms. The Kier molecular flexibility index (Phi) is 5.71. The maximum atomic E-state index is 6.29. The molecule has 0 radical (unpaired) electrons. The Morgan fingerprint density at radius 2 is 1.75 bits per heavy atom. The van der Waals surface area contributed by atoms with E-state index in [9.17, 15) is 0 Å². The molecule has 1 saturated carbocycles. The summed E-state index contributed by atoms with van der Waals surface area (Å²) in [5.74, 6) is 1.56. The molecule has 0 N–H and O–H groups in total. The van der Waals surface area contributed by atoms with Crippen LogP contribution in [0.4, 0.5) is 11.4 Å². The first-order valence-electron chi connectivity index (χ1n) is 9.75. The molecule has 2 aromatic heterocycles. The number of aromatic nitrogens is 2. The number of hydrogen-bond acceptors (Lipinski definition) is 5. The third kappa shape index (κ3) is 4.25. The second-order valence-electron chi connectivity index (χ2n) is 6.97. The van der Waals surface area contributed by atoms with E-state index in [1.165, 1.54) is 12.8 Å². The summed E-state index contributed by atoms with van der Waals surface area (Å²) in [4.78, 5) is 10.9. The van der Waals surface area contributed by atoms with Crippen LogP contribution in [-0.4, -0.2) is 23.2 Å². The Bertz CT molecular complexity index is 881. The summed E-state index contributed by atoms with van der Waals surface area (Å²) in [6.07, 6.45) is 10.4. The van der Waals surface area contributed by atoms with Gasteiger partial charge >= 0.3 is 0 Å². The van der Waals surface area contributed by atoms with Crippen molar-refractivity contribution in [3.05, 3.63) is 72.8 Å². The number of methoxy groups -OCH3 is 1. The summed E-state index contributed by atoms with van der Waals surface area (Å²) in [5, 5.41) is 0. The highest BCUT2D eigenvalue weighted by atomic mass is 16.5. The van der Waals surface area contributed by atoms with Gasteiger partial charge in [-0.2, -0.15) is 0 Å². The lowest BCUT2D eigenvalue weighted by Gasteiger charge is -2.26. The van der Waals surface area contributed by atoms with Crippen LogP contribution in [0, 0.1) is 0 Å². The van der Waals surface area contributed by atoms with Crippen LogP contribution in [-0.2, 0) is 6.54 Å². The molecule has 0 spiro atoms. The van der Waals surface area contributed by atoms with Gasteiger partial charge in [-0.05, 0) is 62.1 Å². The van der Waals surface area contributed by atoms with Crippen molar-refractivity contribution in [3.8, 4) is 11.5 Å². The lowest BCUT2D eigenvalue weighted by atomic mass is 10.2. The van der Waals surface area contributed by atoms with Crippen molar-refractivity contribution in [2.45, 2.75) is 38.3 Å². The molecule has 1 fully saturated rings. The number of anilines is 2.